The van der Waals surface area contributed by atoms with Gasteiger partial charge in [-0.3, -0.25) is 0 Å². The summed E-state index contributed by atoms with van der Waals surface area (Å²) in [7, 11) is 2.29. The molecule has 0 saturated heterocycles. The fourth-order valence-electron chi connectivity index (χ4n) is 2.42. The van der Waals surface area contributed by atoms with Crippen LogP contribution < -0.4 is 5.32 Å². The lowest BCUT2D eigenvalue weighted by molar-refractivity contribution is 0.190. The van der Waals surface area contributed by atoms with Gasteiger partial charge in [0.2, 0.25) is 0 Å². The summed E-state index contributed by atoms with van der Waals surface area (Å²) in [5.41, 5.74) is 0.406. The molecule has 1 N–H and O–H groups in total. The fraction of sp³-hybridized carbons (Fsp3) is 1.00. The number of likely N-dealkylation sites (N-methyl/N-ethyl adjacent to an activating group) is 1. The van der Waals surface area contributed by atoms with E-state index in [2.05, 4.69) is 38.0 Å². The number of hydrogen-bond acceptors (Lipinski definition) is 2. The van der Waals surface area contributed by atoms with Crippen molar-refractivity contribution >= 4 is 0 Å². The maximum atomic E-state index is 3.55. The molecular weight excluding hydrogens is 196 g/mol. The third-order valence-corrected chi connectivity index (χ3v) is 3.49. The molecule has 16 heavy (non-hydrogen) atoms. The third kappa shape index (κ3) is 5.86. The molecule has 0 aliphatic heterocycles. The largest absolute Gasteiger partial charge is 0.315 e. The molecule has 0 spiro atoms. The van der Waals surface area contributed by atoms with E-state index in [1.165, 1.54) is 38.6 Å². The Morgan fingerprint density at radius 3 is 2.31 bits per heavy atom. The van der Waals surface area contributed by atoms with Gasteiger partial charge in [-0.1, -0.05) is 40.0 Å². The standard InChI is InChI=1S/C14H30N2/c1-14(2,3)12-15-10-11-16(4)13-8-6-5-7-9-13/h13,15H,5-12H2,1-4H3. The van der Waals surface area contributed by atoms with E-state index in [-0.39, 0.29) is 0 Å². The Balaban J connectivity index is 2.07. The molecule has 0 atom stereocenters. The zero-order valence-corrected chi connectivity index (χ0v) is 11.7. The Bertz CT molecular complexity index is 178. The maximum Gasteiger partial charge on any atom is 0.0107 e. The molecule has 96 valence electrons. The molecule has 0 unspecified atom stereocenters. The number of rotatable bonds is 5. The Labute approximate surface area is 102 Å². The van der Waals surface area contributed by atoms with Gasteiger partial charge >= 0.3 is 0 Å². The van der Waals surface area contributed by atoms with E-state index in [0.29, 0.717) is 5.41 Å². The number of hydrogen-bond donors (Lipinski definition) is 1. The molecule has 1 aliphatic rings. The quantitative estimate of drug-likeness (QED) is 0.725. The molecule has 0 aromatic rings. The molecule has 0 bridgehead atoms. The predicted molar refractivity (Wildman–Crippen MR) is 71.8 cm³/mol. The summed E-state index contributed by atoms with van der Waals surface area (Å²) in [6, 6.07) is 0.852. The molecule has 0 aromatic carbocycles. The predicted octanol–water partition coefficient (Wildman–Crippen LogP) is 2.89. The topological polar surface area (TPSA) is 15.3 Å². The molecule has 2 heteroatoms. The van der Waals surface area contributed by atoms with Crippen LogP contribution >= 0.6 is 0 Å². The lowest BCUT2D eigenvalue weighted by Crippen LogP contribution is -2.39. The lowest BCUT2D eigenvalue weighted by atomic mass is 9.94. The molecule has 1 aliphatic carbocycles. The molecule has 2 nitrogen and oxygen atoms in total. The fourth-order valence-corrected chi connectivity index (χ4v) is 2.42. The highest BCUT2D eigenvalue weighted by Gasteiger charge is 2.17. The van der Waals surface area contributed by atoms with E-state index >= 15 is 0 Å². The van der Waals surface area contributed by atoms with Crippen LogP contribution in [0.2, 0.25) is 0 Å². The minimum Gasteiger partial charge on any atom is -0.315 e. The first-order valence-corrected chi connectivity index (χ1v) is 6.90. The summed E-state index contributed by atoms with van der Waals surface area (Å²) in [5, 5.41) is 3.55. The van der Waals surface area contributed by atoms with Crippen molar-refractivity contribution in [3.8, 4) is 0 Å². The average Bonchev–Trinajstić information content (AvgIpc) is 2.24. The average molecular weight is 226 g/mol. The van der Waals surface area contributed by atoms with Gasteiger partial charge in [-0.25, -0.2) is 0 Å². The first-order chi connectivity index (χ1) is 7.49. The SMILES string of the molecule is CN(CCNCC(C)(C)C)C1CCCCC1. The third-order valence-electron chi connectivity index (χ3n) is 3.49. The highest BCUT2D eigenvalue weighted by atomic mass is 15.1. The monoisotopic (exact) mass is 226 g/mol. The van der Waals surface area contributed by atoms with E-state index < -0.39 is 0 Å². The number of nitrogens with one attached hydrogen (secondary N) is 1. The van der Waals surface area contributed by atoms with Crippen LogP contribution in [-0.4, -0.2) is 37.6 Å². The first-order valence-electron chi connectivity index (χ1n) is 6.90. The molecule has 0 aromatic heterocycles. The van der Waals surface area contributed by atoms with Crippen molar-refractivity contribution in [1.29, 1.82) is 0 Å². The van der Waals surface area contributed by atoms with Crippen LogP contribution in [0.25, 0.3) is 0 Å². The maximum absolute atomic E-state index is 3.55. The lowest BCUT2D eigenvalue weighted by Gasteiger charge is -2.31. The van der Waals surface area contributed by atoms with Crippen molar-refractivity contribution in [3.05, 3.63) is 0 Å². The highest BCUT2D eigenvalue weighted by molar-refractivity contribution is 4.74. The summed E-state index contributed by atoms with van der Waals surface area (Å²) < 4.78 is 0. The normalized spacial score (nSPS) is 19.3. The van der Waals surface area contributed by atoms with Gasteiger partial charge in [0.05, 0.1) is 0 Å². The van der Waals surface area contributed by atoms with Crippen molar-refractivity contribution < 1.29 is 0 Å². The van der Waals surface area contributed by atoms with Crippen molar-refractivity contribution in [1.82, 2.24) is 10.2 Å². The zero-order valence-electron chi connectivity index (χ0n) is 11.7. The summed E-state index contributed by atoms with van der Waals surface area (Å²) in [6.45, 7) is 10.3. The van der Waals surface area contributed by atoms with Crippen molar-refractivity contribution in [3.63, 3.8) is 0 Å². The highest BCUT2D eigenvalue weighted by Crippen LogP contribution is 2.21. The molecule has 1 fully saturated rings. The summed E-state index contributed by atoms with van der Waals surface area (Å²) in [5.74, 6) is 0. The van der Waals surface area contributed by atoms with Crippen LogP contribution in [0.15, 0.2) is 0 Å². The van der Waals surface area contributed by atoms with Gasteiger partial charge in [-0.15, -0.1) is 0 Å². The second-order valence-electron chi connectivity index (χ2n) is 6.51. The van der Waals surface area contributed by atoms with Gasteiger partial charge in [0.1, 0.15) is 0 Å². The van der Waals surface area contributed by atoms with Crippen LogP contribution in [0.1, 0.15) is 52.9 Å². The van der Waals surface area contributed by atoms with Crippen LogP contribution in [0, 0.1) is 5.41 Å². The van der Waals surface area contributed by atoms with E-state index in [9.17, 15) is 0 Å². The second kappa shape index (κ2) is 6.61. The Kier molecular flexibility index (Phi) is 5.77. The van der Waals surface area contributed by atoms with Gasteiger partial charge in [-0.2, -0.15) is 0 Å². The Hall–Kier alpha value is -0.0800. The summed E-state index contributed by atoms with van der Waals surface area (Å²) in [4.78, 5) is 2.55. The molecule has 1 rings (SSSR count). The molecule has 1 saturated carbocycles. The van der Waals surface area contributed by atoms with E-state index in [1.54, 1.807) is 0 Å². The van der Waals surface area contributed by atoms with E-state index in [1.807, 2.05) is 0 Å². The summed E-state index contributed by atoms with van der Waals surface area (Å²) in [6.07, 6.45) is 7.15. The number of nitrogens with zero attached hydrogens (tertiary/aromatic N) is 1. The first kappa shape index (κ1) is 14.0. The van der Waals surface area contributed by atoms with E-state index in [0.717, 1.165) is 19.1 Å². The van der Waals surface area contributed by atoms with Gasteiger partial charge in [-0.05, 0) is 25.3 Å². The van der Waals surface area contributed by atoms with Crippen LogP contribution in [0.3, 0.4) is 0 Å². The van der Waals surface area contributed by atoms with Crippen molar-refractivity contribution in [2.24, 2.45) is 5.41 Å². The molecular formula is C14H30N2. The molecule has 0 amide bonds. The van der Waals surface area contributed by atoms with Crippen molar-refractivity contribution in [2.45, 2.75) is 58.9 Å². The molecule has 0 heterocycles. The minimum absolute atomic E-state index is 0.406. The van der Waals surface area contributed by atoms with Crippen LogP contribution in [-0.2, 0) is 0 Å². The second-order valence-corrected chi connectivity index (χ2v) is 6.51. The van der Waals surface area contributed by atoms with Crippen LogP contribution in [0.5, 0.6) is 0 Å². The Morgan fingerprint density at radius 1 is 1.12 bits per heavy atom. The zero-order chi connectivity index (χ0) is 12.0. The van der Waals surface area contributed by atoms with Gasteiger partial charge in [0, 0.05) is 25.7 Å². The molecule has 0 radical (unpaired) electrons. The smallest absolute Gasteiger partial charge is 0.0107 e. The van der Waals surface area contributed by atoms with E-state index in [4.69, 9.17) is 0 Å². The van der Waals surface area contributed by atoms with Gasteiger partial charge < -0.3 is 10.2 Å². The van der Waals surface area contributed by atoms with Crippen LogP contribution in [0.4, 0.5) is 0 Å². The van der Waals surface area contributed by atoms with Gasteiger partial charge in [0.15, 0.2) is 0 Å². The Morgan fingerprint density at radius 2 is 1.75 bits per heavy atom. The van der Waals surface area contributed by atoms with Gasteiger partial charge in [0.25, 0.3) is 0 Å². The summed E-state index contributed by atoms with van der Waals surface area (Å²) >= 11 is 0. The van der Waals surface area contributed by atoms with Crippen molar-refractivity contribution in [2.75, 3.05) is 26.7 Å². The minimum atomic E-state index is 0.406.